The van der Waals surface area contributed by atoms with Crippen molar-refractivity contribution >= 4 is 23.0 Å². The highest BCUT2D eigenvalue weighted by molar-refractivity contribution is 6.32. The quantitative estimate of drug-likeness (QED) is 0.667. The lowest BCUT2D eigenvalue weighted by Gasteiger charge is -2.11. The summed E-state index contributed by atoms with van der Waals surface area (Å²) in [6.45, 7) is 4.80. The molecule has 104 valence electrons. The molecule has 0 saturated carbocycles. The highest BCUT2D eigenvalue weighted by Gasteiger charge is 2.12. The molecule has 2 aromatic carbocycles. The molecule has 2 rings (SSSR count). The largest absolute Gasteiger partial charge is 0.381 e. The van der Waals surface area contributed by atoms with Gasteiger partial charge in [0.25, 0.3) is 5.69 Å². The number of anilines is 1. The van der Waals surface area contributed by atoms with E-state index in [0.717, 1.165) is 5.69 Å². The van der Waals surface area contributed by atoms with Crippen molar-refractivity contribution in [2.45, 2.75) is 20.4 Å². The maximum Gasteiger partial charge on any atom is 0.288 e. The summed E-state index contributed by atoms with van der Waals surface area (Å²) in [7, 11) is 0. The third-order valence-electron chi connectivity index (χ3n) is 3.34. The maximum atomic E-state index is 10.7. The number of hydrogen-bond donors (Lipinski definition) is 1. The van der Waals surface area contributed by atoms with Crippen molar-refractivity contribution in [3.05, 3.63) is 68.2 Å². The lowest BCUT2D eigenvalue weighted by Crippen LogP contribution is -2.02. The second kappa shape index (κ2) is 5.92. The molecule has 0 atom stereocenters. The molecule has 0 unspecified atom stereocenters. The van der Waals surface area contributed by atoms with Gasteiger partial charge in [0.05, 0.1) is 4.92 Å². The van der Waals surface area contributed by atoms with Gasteiger partial charge in [0.2, 0.25) is 0 Å². The van der Waals surface area contributed by atoms with E-state index in [-0.39, 0.29) is 10.7 Å². The van der Waals surface area contributed by atoms with Crippen molar-refractivity contribution in [1.82, 2.24) is 0 Å². The van der Waals surface area contributed by atoms with Crippen LogP contribution in [0.1, 0.15) is 16.7 Å². The smallest absolute Gasteiger partial charge is 0.288 e. The number of halogens is 1. The SMILES string of the molecule is Cc1cccc(CNc2ccc([N+](=O)[O-])c(Cl)c2)c1C. The van der Waals surface area contributed by atoms with Crippen LogP contribution >= 0.6 is 11.6 Å². The predicted octanol–water partition coefficient (Wildman–Crippen LogP) is 4.48. The van der Waals surface area contributed by atoms with Gasteiger partial charge in [0.1, 0.15) is 5.02 Å². The number of nitrogens with zero attached hydrogens (tertiary/aromatic N) is 1. The van der Waals surface area contributed by atoms with Crippen LogP contribution in [-0.2, 0) is 6.54 Å². The summed E-state index contributed by atoms with van der Waals surface area (Å²) in [5, 5.41) is 14.1. The van der Waals surface area contributed by atoms with Crippen LogP contribution in [-0.4, -0.2) is 4.92 Å². The number of nitro benzene ring substituents is 1. The first-order valence-electron chi connectivity index (χ1n) is 6.22. The van der Waals surface area contributed by atoms with E-state index in [1.165, 1.54) is 22.8 Å². The summed E-state index contributed by atoms with van der Waals surface area (Å²) in [6.07, 6.45) is 0. The summed E-state index contributed by atoms with van der Waals surface area (Å²) in [4.78, 5) is 10.2. The highest BCUT2D eigenvalue weighted by Crippen LogP contribution is 2.27. The third kappa shape index (κ3) is 3.08. The third-order valence-corrected chi connectivity index (χ3v) is 3.65. The number of nitro groups is 1. The summed E-state index contributed by atoms with van der Waals surface area (Å²) in [6, 6.07) is 10.8. The molecule has 5 heteroatoms. The van der Waals surface area contributed by atoms with Gasteiger partial charge in [-0.05, 0) is 42.7 Å². The molecule has 0 saturated heterocycles. The van der Waals surface area contributed by atoms with E-state index < -0.39 is 4.92 Å². The molecule has 0 heterocycles. The number of benzene rings is 2. The van der Waals surface area contributed by atoms with Crippen LogP contribution in [0.25, 0.3) is 0 Å². The van der Waals surface area contributed by atoms with E-state index in [4.69, 9.17) is 11.6 Å². The van der Waals surface area contributed by atoms with E-state index in [0.29, 0.717) is 6.54 Å². The first-order valence-corrected chi connectivity index (χ1v) is 6.59. The first-order chi connectivity index (χ1) is 9.49. The topological polar surface area (TPSA) is 55.2 Å². The van der Waals surface area contributed by atoms with E-state index in [2.05, 4.69) is 31.3 Å². The molecule has 0 amide bonds. The van der Waals surface area contributed by atoms with E-state index in [1.807, 2.05) is 6.07 Å². The molecule has 0 aliphatic heterocycles. The van der Waals surface area contributed by atoms with Crippen LogP contribution in [0.15, 0.2) is 36.4 Å². The average Bonchev–Trinajstić information content (AvgIpc) is 2.40. The Balaban J connectivity index is 2.13. The molecule has 0 radical (unpaired) electrons. The Morgan fingerprint density at radius 2 is 2.00 bits per heavy atom. The first kappa shape index (κ1) is 14.3. The van der Waals surface area contributed by atoms with Crippen molar-refractivity contribution in [1.29, 1.82) is 0 Å². The zero-order valence-corrected chi connectivity index (χ0v) is 12.1. The molecule has 0 aliphatic carbocycles. The molecule has 2 aromatic rings. The van der Waals surface area contributed by atoms with Crippen LogP contribution < -0.4 is 5.32 Å². The summed E-state index contributed by atoms with van der Waals surface area (Å²) < 4.78 is 0. The molecular weight excluding hydrogens is 276 g/mol. The van der Waals surface area contributed by atoms with Gasteiger partial charge < -0.3 is 5.32 Å². The Bertz CT molecular complexity index is 656. The predicted molar refractivity (Wildman–Crippen MR) is 81.3 cm³/mol. The van der Waals surface area contributed by atoms with Crippen molar-refractivity contribution < 1.29 is 4.92 Å². The lowest BCUT2D eigenvalue weighted by molar-refractivity contribution is -0.384. The van der Waals surface area contributed by atoms with Gasteiger partial charge in [-0.1, -0.05) is 29.8 Å². The van der Waals surface area contributed by atoms with Gasteiger partial charge in [0, 0.05) is 18.3 Å². The normalized spacial score (nSPS) is 10.3. The summed E-state index contributed by atoms with van der Waals surface area (Å²) in [5.74, 6) is 0. The number of nitrogens with one attached hydrogen (secondary N) is 1. The molecule has 0 aromatic heterocycles. The van der Waals surface area contributed by atoms with Crippen molar-refractivity contribution in [2.24, 2.45) is 0 Å². The van der Waals surface area contributed by atoms with Crippen LogP contribution in [0, 0.1) is 24.0 Å². The standard InChI is InChI=1S/C15H15ClN2O2/c1-10-4-3-5-12(11(10)2)9-17-13-6-7-15(18(19)20)14(16)8-13/h3-8,17H,9H2,1-2H3. The van der Waals surface area contributed by atoms with Gasteiger partial charge in [-0.2, -0.15) is 0 Å². The van der Waals surface area contributed by atoms with Crippen LogP contribution in [0.4, 0.5) is 11.4 Å². The fraction of sp³-hybridized carbons (Fsp3) is 0.200. The van der Waals surface area contributed by atoms with Crippen molar-refractivity contribution in [3.63, 3.8) is 0 Å². The second-order valence-corrected chi connectivity index (χ2v) is 5.04. The van der Waals surface area contributed by atoms with Crippen LogP contribution in [0.5, 0.6) is 0 Å². The number of aryl methyl sites for hydroxylation is 1. The van der Waals surface area contributed by atoms with Gasteiger partial charge in [-0.25, -0.2) is 0 Å². The second-order valence-electron chi connectivity index (χ2n) is 4.64. The molecule has 20 heavy (non-hydrogen) atoms. The fourth-order valence-corrected chi connectivity index (χ4v) is 2.22. The molecule has 4 nitrogen and oxygen atoms in total. The van der Waals surface area contributed by atoms with E-state index >= 15 is 0 Å². The minimum Gasteiger partial charge on any atom is -0.381 e. The van der Waals surface area contributed by atoms with Crippen molar-refractivity contribution in [3.8, 4) is 0 Å². The monoisotopic (exact) mass is 290 g/mol. The van der Waals surface area contributed by atoms with Gasteiger partial charge in [0.15, 0.2) is 0 Å². The van der Waals surface area contributed by atoms with E-state index in [1.54, 1.807) is 12.1 Å². The van der Waals surface area contributed by atoms with Gasteiger partial charge in [-0.15, -0.1) is 0 Å². The fourth-order valence-electron chi connectivity index (χ4n) is 1.97. The zero-order chi connectivity index (χ0) is 14.7. The minimum absolute atomic E-state index is 0.0797. The molecule has 0 fully saturated rings. The highest BCUT2D eigenvalue weighted by atomic mass is 35.5. The van der Waals surface area contributed by atoms with Crippen molar-refractivity contribution in [2.75, 3.05) is 5.32 Å². The maximum absolute atomic E-state index is 10.7. The van der Waals surface area contributed by atoms with Gasteiger partial charge in [-0.3, -0.25) is 10.1 Å². The Morgan fingerprint density at radius 3 is 2.65 bits per heavy atom. The average molecular weight is 291 g/mol. The summed E-state index contributed by atoms with van der Waals surface area (Å²) >= 11 is 5.88. The molecule has 0 aliphatic rings. The minimum atomic E-state index is -0.489. The molecular formula is C15H15ClN2O2. The zero-order valence-electron chi connectivity index (χ0n) is 11.3. The van der Waals surface area contributed by atoms with Gasteiger partial charge >= 0.3 is 0 Å². The molecule has 1 N–H and O–H groups in total. The van der Waals surface area contributed by atoms with Crippen LogP contribution in [0.3, 0.4) is 0 Å². The molecule has 0 spiro atoms. The Labute approximate surface area is 122 Å². The van der Waals surface area contributed by atoms with E-state index in [9.17, 15) is 10.1 Å². The lowest BCUT2D eigenvalue weighted by atomic mass is 10.0. The van der Waals surface area contributed by atoms with Crippen LogP contribution in [0.2, 0.25) is 5.02 Å². The number of rotatable bonds is 4. The number of hydrogen-bond acceptors (Lipinski definition) is 3. The molecule has 0 bridgehead atoms. The Hall–Kier alpha value is -2.07. The Kier molecular flexibility index (Phi) is 4.25. The summed E-state index contributed by atoms with van der Waals surface area (Å²) in [5.41, 5.74) is 4.36. The Morgan fingerprint density at radius 1 is 1.25 bits per heavy atom.